The lowest BCUT2D eigenvalue weighted by Crippen LogP contribution is -1.87. The average Bonchev–Trinajstić information content (AvgIpc) is 2.07. The molecule has 1 aromatic rings. The highest BCUT2D eigenvalue weighted by Crippen LogP contribution is 2.24. The standard InChI is InChI=1S/C10H13Cl/c1-2-6-10(11)9-7-4-3-5-8-9/h3-5,7-8,10H,2,6H2,1H3/t10-/m0/s1. The second kappa shape index (κ2) is 4.40. The molecule has 0 bridgehead atoms. The van der Waals surface area contributed by atoms with Crippen molar-refractivity contribution in [3.63, 3.8) is 0 Å². The first-order valence-corrected chi connectivity index (χ1v) is 4.47. The molecule has 1 atom stereocenters. The third-order valence-corrected chi connectivity index (χ3v) is 2.17. The highest BCUT2D eigenvalue weighted by atomic mass is 35.5. The van der Waals surface area contributed by atoms with Crippen LogP contribution in [0.25, 0.3) is 0 Å². The summed E-state index contributed by atoms with van der Waals surface area (Å²) in [6.45, 7) is 2.15. The van der Waals surface area contributed by atoms with Gasteiger partial charge in [0.25, 0.3) is 0 Å². The van der Waals surface area contributed by atoms with Gasteiger partial charge in [0.2, 0.25) is 0 Å². The lowest BCUT2D eigenvalue weighted by molar-refractivity contribution is 0.770. The lowest BCUT2D eigenvalue weighted by Gasteiger charge is -2.06. The van der Waals surface area contributed by atoms with E-state index in [9.17, 15) is 0 Å². The van der Waals surface area contributed by atoms with Gasteiger partial charge in [-0.15, -0.1) is 11.6 Å². The SMILES string of the molecule is CCC[C@H](Cl)c1ccccc1. The Kier molecular flexibility index (Phi) is 3.44. The zero-order chi connectivity index (χ0) is 8.10. The highest BCUT2D eigenvalue weighted by molar-refractivity contribution is 6.20. The van der Waals surface area contributed by atoms with Crippen LogP contribution in [0.3, 0.4) is 0 Å². The largest absolute Gasteiger partial charge is 0.118 e. The number of benzene rings is 1. The fourth-order valence-corrected chi connectivity index (χ4v) is 1.45. The average molecular weight is 169 g/mol. The van der Waals surface area contributed by atoms with Crippen molar-refractivity contribution in [1.82, 2.24) is 0 Å². The van der Waals surface area contributed by atoms with Gasteiger partial charge in [0.05, 0.1) is 5.38 Å². The second-order valence-electron chi connectivity index (χ2n) is 2.67. The molecule has 0 unspecified atom stereocenters. The summed E-state index contributed by atoms with van der Waals surface area (Å²) in [7, 11) is 0. The first-order valence-electron chi connectivity index (χ1n) is 4.03. The summed E-state index contributed by atoms with van der Waals surface area (Å²) in [4.78, 5) is 0. The quantitative estimate of drug-likeness (QED) is 0.603. The number of rotatable bonds is 3. The summed E-state index contributed by atoms with van der Waals surface area (Å²) in [6, 6.07) is 10.2. The molecule has 11 heavy (non-hydrogen) atoms. The monoisotopic (exact) mass is 168 g/mol. The van der Waals surface area contributed by atoms with Crippen LogP contribution in [-0.4, -0.2) is 0 Å². The van der Waals surface area contributed by atoms with E-state index >= 15 is 0 Å². The van der Waals surface area contributed by atoms with E-state index in [1.165, 1.54) is 5.56 Å². The fraction of sp³-hybridized carbons (Fsp3) is 0.400. The van der Waals surface area contributed by atoms with Crippen LogP contribution in [0.5, 0.6) is 0 Å². The molecule has 0 heterocycles. The molecule has 0 spiro atoms. The third-order valence-electron chi connectivity index (χ3n) is 1.70. The van der Waals surface area contributed by atoms with Crippen LogP contribution < -0.4 is 0 Å². The number of hydrogen-bond acceptors (Lipinski definition) is 0. The van der Waals surface area contributed by atoms with E-state index in [0.717, 1.165) is 12.8 Å². The van der Waals surface area contributed by atoms with E-state index in [4.69, 9.17) is 11.6 Å². The molecule has 0 aliphatic carbocycles. The molecule has 60 valence electrons. The molecular formula is C10H13Cl. The zero-order valence-corrected chi connectivity index (χ0v) is 7.51. The van der Waals surface area contributed by atoms with Gasteiger partial charge in [-0.1, -0.05) is 43.7 Å². The molecular weight excluding hydrogens is 156 g/mol. The molecule has 1 rings (SSSR count). The van der Waals surface area contributed by atoms with Crippen molar-refractivity contribution in [2.24, 2.45) is 0 Å². The molecule has 0 nitrogen and oxygen atoms in total. The summed E-state index contributed by atoms with van der Waals surface area (Å²) in [6.07, 6.45) is 2.20. The van der Waals surface area contributed by atoms with Gasteiger partial charge in [-0.25, -0.2) is 0 Å². The Morgan fingerprint density at radius 3 is 2.45 bits per heavy atom. The van der Waals surface area contributed by atoms with Crippen LogP contribution in [0, 0.1) is 0 Å². The zero-order valence-electron chi connectivity index (χ0n) is 6.76. The number of hydrogen-bond donors (Lipinski definition) is 0. The third kappa shape index (κ3) is 2.55. The smallest absolute Gasteiger partial charge is 0.0585 e. The van der Waals surface area contributed by atoms with E-state index < -0.39 is 0 Å². The van der Waals surface area contributed by atoms with Crippen LogP contribution in [0.15, 0.2) is 30.3 Å². The first-order chi connectivity index (χ1) is 5.34. The minimum absolute atomic E-state index is 0.196. The van der Waals surface area contributed by atoms with Gasteiger partial charge < -0.3 is 0 Å². The topological polar surface area (TPSA) is 0 Å². The van der Waals surface area contributed by atoms with Gasteiger partial charge in [0, 0.05) is 0 Å². The van der Waals surface area contributed by atoms with Crippen molar-refractivity contribution in [2.45, 2.75) is 25.1 Å². The van der Waals surface area contributed by atoms with Gasteiger partial charge in [0.1, 0.15) is 0 Å². The molecule has 0 aromatic heterocycles. The Balaban J connectivity index is 2.61. The van der Waals surface area contributed by atoms with Crippen LogP contribution >= 0.6 is 11.6 Å². The van der Waals surface area contributed by atoms with E-state index in [-0.39, 0.29) is 5.38 Å². The van der Waals surface area contributed by atoms with Gasteiger partial charge in [0.15, 0.2) is 0 Å². The second-order valence-corrected chi connectivity index (χ2v) is 3.19. The Hall–Kier alpha value is -0.490. The first kappa shape index (κ1) is 8.61. The van der Waals surface area contributed by atoms with Crippen molar-refractivity contribution in [3.8, 4) is 0 Å². The van der Waals surface area contributed by atoms with Crippen molar-refractivity contribution >= 4 is 11.6 Å². The summed E-state index contributed by atoms with van der Waals surface area (Å²) in [5.41, 5.74) is 1.23. The highest BCUT2D eigenvalue weighted by Gasteiger charge is 2.03. The van der Waals surface area contributed by atoms with Gasteiger partial charge >= 0.3 is 0 Å². The Bertz CT molecular complexity index is 193. The summed E-state index contributed by atoms with van der Waals surface area (Å²) in [5, 5.41) is 0.196. The summed E-state index contributed by atoms with van der Waals surface area (Å²) >= 11 is 6.11. The van der Waals surface area contributed by atoms with E-state index in [1.54, 1.807) is 0 Å². The molecule has 0 amide bonds. The molecule has 1 heteroatoms. The van der Waals surface area contributed by atoms with Crippen LogP contribution in [-0.2, 0) is 0 Å². The molecule has 0 saturated heterocycles. The van der Waals surface area contributed by atoms with Crippen LogP contribution in [0.2, 0.25) is 0 Å². The molecule has 0 aliphatic heterocycles. The van der Waals surface area contributed by atoms with Crippen LogP contribution in [0.1, 0.15) is 30.7 Å². The Labute approximate surface area is 73.2 Å². The molecule has 0 N–H and O–H groups in total. The van der Waals surface area contributed by atoms with E-state index in [0.29, 0.717) is 0 Å². The number of alkyl halides is 1. The minimum atomic E-state index is 0.196. The molecule has 0 saturated carbocycles. The van der Waals surface area contributed by atoms with Crippen molar-refractivity contribution in [3.05, 3.63) is 35.9 Å². The summed E-state index contributed by atoms with van der Waals surface area (Å²) < 4.78 is 0. The van der Waals surface area contributed by atoms with Crippen LogP contribution in [0.4, 0.5) is 0 Å². The normalized spacial score (nSPS) is 12.9. The predicted octanol–water partition coefficient (Wildman–Crippen LogP) is 3.77. The maximum atomic E-state index is 6.11. The fourth-order valence-electron chi connectivity index (χ4n) is 1.08. The lowest BCUT2D eigenvalue weighted by atomic mass is 10.1. The van der Waals surface area contributed by atoms with Gasteiger partial charge in [-0.3, -0.25) is 0 Å². The van der Waals surface area contributed by atoms with Crippen molar-refractivity contribution in [1.29, 1.82) is 0 Å². The maximum Gasteiger partial charge on any atom is 0.0585 e. The summed E-state index contributed by atoms with van der Waals surface area (Å²) in [5.74, 6) is 0. The van der Waals surface area contributed by atoms with Crippen molar-refractivity contribution < 1.29 is 0 Å². The van der Waals surface area contributed by atoms with Gasteiger partial charge in [-0.2, -0.15) is 0 Å². The molecule has 0 radical (unpaired) electrons. The Morgan fingerprint density at radius 1 is 1.27 bits per heavy atom. The van der Waals surface area contributed by atoms with Crippen molar-refractivity contribution in [2.75, 3.05) is 0 Å². The predicted molar refractivity (Wildman–Crippen MR) is 49.9 cm³/mol. The van der Waals surface area contributed by atoms with Gasteiger partial charge in [-0.05, 0) is 12.0 Å². The van der Waals surface area contributed by atoms with E-state index in [1.807, 2.05) is 18.2 Å². The Morgan fingerprint density at radius 2 is 1.91 bits per heavy atom. The molecule has 1 aromatic carbocycles. The minimum Gasteiger partial charge on any atom is -0.118 e. The molecule has 0 aliphatic rings. The molecule has 0 fully saturated rings. The maximum absolute atomic E-state index is 6.11. The van der Waals surface area contributed by atoms with E-state index in [2.05, 4.69) is 19.1 Å². The number of halogens is 1.